The summed E-state index contributed by atoms with van der Waals surface area (Å²) < 4.78 is 0. The van der Waals surface area contributed by atoms with Gasteiger partial charge < -0.3 is 0 Å². The predicted molar refractivity (Wildman–Crippen MR) is 57.7 cm³/mol. The van der Waals surface area contributed by atoms with E-state index >= 15 is 0 Å². The van der Waals surface area contributed by atoms with Gasteiger partial charge >= 0.3 is 0 Å². The van der Waals surface area contributed by atoms with Crippen LogP contribution >= 0.6 is 11.6 Å². The maximum Gasteiger partial charge on any atom is 0.252 e. The van der Waals surface area contributed by atoms with E-state index in [9.17, 15) is 4.79 Å². The molecule has 0 N–H and O–H groups in total. The lowest BCUT2D eigenvalue weighted by Gasteiger charge is -2.03. The first-order valence-corrected chi connectivity index (χ1v) is 4.56. The van der Waals surface area contributed by atoms with Crippen LogP contribution in [0.3, 0.4) is 0 Å². The van der Waals surface area contributed by atoms with Gasteiger partial charge in [0.1, 0.15) is 0 Å². The van der Waals surface area contributed by atoms with Crippen LogP contribution in [-0.2, 0) is 4.79 Å². The van der Waals surface area contributed by atoms with Gasteiger partial charge in [0.05, 0.1) is 0 Å². The smallest absolute Gasteiger partial charge is 0.252 e. The lowest BCUT2D eigenvalue weighted by atomic mass is 10.0. The van der Waals surface area contributed by atoms with Crippen molar-refractivity contribution >= 4 is 16.8 Å². The molecule has 0 aromatic carbocycles. The Balaban J connectivity index is 4.42. The van der Waals surface area contributed by atoms with Crippen LogP contribution in [0.1, 0.15) is 20.8 Å². The van der Waals surface area contributed by atoms with E-state index in [1.54, 1.807) is 19.1 Å². The van der Waals surface area contributed by atoms with Crippen LogP contribution in [0.4, 0.5) is 0 Å². The second-order valence-corrected chi connectivity index (χ2v) is 3.36. The zero-order valence-corrected chi connectivity index (χ0v) is 9.06. The van der Waals surface area contributed by atoms with E-state index in [2.05, 4.69) is 6.58 Å². The molecule has 0 aliphatic rings. The summed E-state index contributed by atoms with van der Waals surface area (Å²) in [7, 11) is 0. The quantitative estimate of drug-likeness (QED) is 0.293. The summed E-state index contributed by atoms with van der Waals surface area (Å²) in [5, 5.41) is -0.423. The Morgan fingerprint density at radius 2 is 2.08 bits per heavy atom. The van der Waals surface area contributed by atoms with Crippen LogP contribution in [0.2, 0.25) is 0 Å². The SMILES string of the molecule is C=C(C)C(C)C=CC(=CC)C(=O)Cl. The number of hydrogen-bond donors (Lipinski definition) is 0. The van der Waals surface area contributed by atoms with Gasteiger partial charge in [-0.1, -0.05) is 37.3 Å². The van der Waals surface area contributed by atoms with Crippen molar-refractivity contribution in [3.05, 3.63) is 36.0 Å². The number of rotatable bonds is 4. The van der Waals surface area contributed by atoms with Crippen LogP contribution < -0.4 is 0 Å². The minimum atomic E-state index is -0.423. The minimum Gasteiger partial charge on any atom is -0.276 e. The summed E-state index contributed by atoms with van der Waals surface area (Å²) in [5.41, 5.74) is 1.59. The largest absolute Gasteiger partial charge is 0.276 e. The molecule has 0 saturated carbocycles. The van der Waals surface area contributed by atoms with Gasteiger partial charge in [-0.3, -0.25) is 4.79 Å². The molecule has 0 saturated heterocycles. The number of carbonyl (C=O) groups is 1. The van der Waals surface area contributed by atoms with Gasteiger partial charge in [0, 0.05) is 5.57 Å². The highest BCUT2D eigenvalue weighted by atomic mass is 35.5. The molecule has 0 fully saturated rings. The predicted octanol–water partition coefficient (Wildman–Crippen LogP) is 3.47. The Labute approximate surface area is 84.8 Å². The molecule has 0 aliphatic carbocycles. The standard InChI is InChI=1S/C11H15ClO/c1-5-10(11(12)13)7-6-9(4)8(2)3/h5-7,9H,2H2,1,3-4H3. The molecule has 13 heavy (non-hydrogen) atoms. The van der Waals surface area contributed by atoms with Crippen LogP contribution in [0.5, 0.6) is 0 Å². The molecule has 0 aromatic heterocycles. The van der Waals surface area contributed by atoms with Gasteiger partial charge in [0.2, 0.25) is 0 Å². The summed E-state index contributed by atoms with van der Waals surface area (Å²) in [4.78, 5) is 10.8. The van der Waals surface area contributed by atoms with Gasteiger partial charge in [-0.15, -0.1) is 0 Å². The van der Waals surface area contributed by atoms with Crippen LogP contribution in [0.15, 0.2) is 36.0 Å². The topological polar surface area (TPSA) is 17.1 Å². The van der Waals surface area contributed by atoms with E-state index in [0.29, 0.717) is 5.57 Å². The van der Waals surface area contributed by atoms with E-state index in [4.69, 9.17) is 11.6 Å². The third kappa shape index (κ3) is 4.69. The lowest BCUT2D eigenvalue weighted by Crippen LogP contribution is -1.92. The molecule has 72 valence electrons. The third-order valence-electron chi connectivity index (χ3n) is 1.88. The van der Waals surface area contributed by atoms with E-state index < -0.39 is 5.24 Å². The van der Waals surface area contributed by atoms with E-state index in [0.717, 1.165) is 5.57 Å². The summed E-state index contributed by atoms with van der Waals surface area (Å²) in [6.07, 6.45) is 5.34. The molecule has 2 heteroatoms. The van der Waals surface area contributed by atoms with Gasteiger partial charge in [0.15, 0.2) is 0 Å². The normalized spacial score (nSPS) is 14.6. The van der Waals surface area contributed by atoms with E-state index in [-0.39, 0.29) is 5.92 Å². The van der Waals surface area contributed by atoms with Crippen molar-refractivity contribution in [2.45, 2.75) is 20.8 Å². The molecule has 1 nitrogen and oxygen atoms in total. The fourth-order valence-corrected chi connectivity index (χ4v) is 0.860. The molecular weight excluding hydrogens is 184 g/mol. The second-order valence-electron chi connectivity index (χ2n) is 3.01. The van der Waals surface area contributed by atoms with Crippen molar-refractivity contribution < 1.29 is 4.79 Å². The molecule has 1 unspecified atom stereocenters. The molecular formula is C11H15ClO. The average Bonchev–Trinajstić information content (AvgIpc) is 2.04. The van der Waals surface area contributed by atoms with Crippen LogP contribution in [-0.4, -0.2) is 5.24 Å². The Hall–Kier alpha value is -0.820. The molecule has 0 spiro atoms. The number of carbonyl (C=O) groups excluding carboxylic acids is 1. The first-order valence-electron chi connectivity index (χ1n) is 4.18. The van der Waals surface area contributed by atoms with E-state index in [1.807, 2.05) is 19.9 Å². The van der Waals surface area contributed by atoms with Crippen LogP contribution in [0.25, 0.3) is 0 Å². The first kappa shape index (κ1) is 12.2. The van der Waals surface area contributed by atoms with Crippen molar-refractivity contribution in [1.82, 2.24) is 0 Å². The summed E-state index contributed by atoms with van der Waals surface area (Å²) in [6, 6.07) is 0. The summed E-state index contributed by atoms with van der Waals surface area (Å²) in [6.45, 7) is 9.57. The zero-order chi connectivity index (χ0) is 10.4. The highest BCUT2D eigenvalue weighted by Crippen LogP contribution is 2.11. The molecule has 1 atom stereocenters. The van der Waals surface area contributed by atoms with Crippen molar-refractivity contribution in [1.29, 1.82) is 0 Å². The van der Waals surface area contributed by atoms with Gasteiger partial charge in [-0.05, 0) is 31.4 Å². The molecule has 0 amide bonds. The highest BCUT2D eigenvalue weighted by Gasteiger charge is 2.01. The van der Waals surface area contributed by atoms with Crippen LogP contribution in [0, 0.1) is 5.92 Å². The number of halogens is 1. The summed E-state index contributed by atoms with van der Waals surface area (Å²) >= 11 is 5.33. The first-order chi connectivity index (χ1) is 5.99. The minimum absolute atomic E-state index is 0.269. The van der Waals surface area contributed by atoms with Gasteiger partial charge in [0.25, 0.3) is 5.24 Å². The molecule has 0 aliphatic heterocycles. The fourth-order valence-electron chi connectivity index (χ4n) is 0.687. The van der Waals surface area contributed by atoms with E-state index in [1.165, 1.54) is 0 Å². The molecule has 0 bridgehead atoms. The van der Waals surface area contributed by atoms with Gasteiger partial charge in [-0.25, -0.2) is 0 Å². The second kappa shape index (κ2) is 5.76. The van der Waals surface area contributed by atoms with Gasteiger partial charge in [-0.2, -0.15) is 0 Å². The maximum absolute atomic E-state index is 10.8. The molecule has 0 heterocycles. The Bertz CT molecular complexity index is 261. The Kier molecular flexibility index (Phi) is 5.40. The monoisotopic (exact) mass is 198 g/mol. The maximum atomic E-state index is 10.8. The number of hydrogen-bond acceptors (Lipinski definition) is 1. The number of allylic oxidation sites excluding steroid dienone is 5. The highest BCUT2D eigenvalue weighted by molar-refractivity contribution is 6.68. The summed E-state index contributed by atoms with van der Waals surface area (Å²) in [5.74, 6) is 0.269. The van der Waals surface area contributed by atoms with Crippen molar-refractivity contribution in [3.63, 3.8) is 0 Å². The van der Waals surface area contributed by atoms with Crippen molar-refractivity contribution in [3.8, 4) is 0 Å². The lowest BCUT2D eigenvalue weighted by molar-refractivity contribution is -0.108. The van der Waals surface area contributed by atoms with Crippen molar-refractivity contribution in [2.24, 2.45) is 5.92 Å². The third-order valence-corrected chi connectivity index (χ3v) is 2.10. The molecule has 0 rings (SSSR count). The Morgan fingerprint density at radius 1 is 1.54 bits per heavy atom. The molecule has 0 aromatic rings. The van der Waals surface area contributed by atoms with Crippen molar-refractivity contribution in [2.75, 3.05) is 0 Å². The fraction of sp³-hybridized carbons (Fsp3) is 0.364. The zero-order valence-electron chi connectivity index (χ0n) is 8.30. The average molecular weight is 199 g/mol. The molecule has 0 radical (unpaired) electrons. The Morgan fingerprint density at radius 3 is 2.38 bits per heavy atom.